The molecule has 0 heterocycles. The zero-order valence-electron chi connectivity index (χ0n) is 13.5. The van der Waals surface area contributed by atoms with E-state index in [1.807, 2.05) is 42.5 Å². The van der Waals surface area contributed by atoms with Crippen LogP contribution in [-0.4, -0.2) is 33.9 Å². The standard InChI is InChI=1S/C18H22ClNO3/c1-21-17-8-7-14(13-18(17)22-2)9-10-20-11-12-23-16-6-4-3-5-15(16)19/h3-8,13,20H,9-12H2,1-2H3. The lowest BCUT2D eigenvalue weighted by Crippen LogP contribution is -2.23. The summed E-state index contributed by atoms with van der Waals surface area (Å²) in [6.07, 6.45) is 0.909. The van der Waals surface area contributed by atoms with Crippen LogP contribution >= 0.6 is 11.6 Å². The van der Waals surface area contributed by atoms with Crippen molar-refractivity contribution in [2.24, 2.45) is 0 Å². The summed E-state index contributed by atoms with van der Waals surface area (Å²) < 4.78 is 16.2. The fraction of sp³-hybridized carbons (Fsp3) is 0.333. The van der Waals surface area contributed by atoms with Crippen molar-refractivity contribution in [1.29, 1.82) is 0 Å². The number of ether oxygens (including phenoxy) is 3. The third-order valence-corrected chi connectivity index (χ3v) is 3.72. The number of halogens is 1. The largest absolute Gasteiger partial charge is 0.493 e. The Morgan fingerprint density at radius 3 is 2.43 bits per heavy atom. The van der Waals surface area contributed by atoms with Crippen molar-refractivity contribution >= 4 is 11.6 Å². The maximum Gasteiger partial charge on any atom is 0.160 e. The van der Waals surface area contributed by atoms with Crippen LogP contribution in [0.4, 0.5) is 0 Å². The SMILES string of the molecule is COc1ccc(CCNCCOc2ccccc2Cl)cc1OC. The highest BCUT2D eigenvalue weighted by atomic mass is 35.5. The number of hydrogen-bond donors (Lipinski definition) is 1. The lowest BCUT2D eigenvalue weighted by Gasteiger charge is -2.11. The van der Waals surface area contributed by atoms with Gasteiger partial charge in [0.1, 0.15) is 12.4 Å². The molecule has 0 aliphatic heterocycles. The Hall–Kier alpha value is -1.91. The molecular formula is C18H22ClNO3. The van der Waals surface area contributed by atoms with Gasteiger partial charge in [0.15, 0.2) is 11.5 Å². The van der Waals surface area contributed by atoms with Gasteiger partial charge in [-0.1, -0.05) is 29.8 Å². The molecule has 0 atom stereocenters. The van der Waals surface area contributed by atoms with Crippen LogP contribution in [0.3, 0.4) is 0 Å². The molecule has 1 N–H and O–H groups in total. The summed E-state index contributed by atoms with van der Waals surface area (Å²) in [6.45, 7) is 2.20. The van der Waals surface area contributed by atoms with Crippen LogP contribution in [0.15, 0.2) is 42.5 Å². The summed E-state index contributed by atoms with van der Waals surface area (Å²) in [5.74, 6) is 2.22. The number of rotatable bonds is 9. The van der Waals surface area contributed by atoms with Gasteiger partial charge in [-0.25, -0.2) is 0 Å². The van der Waals surface area contributed by atoms with E-state index >= 15 is 0 Å². The van der Waals surface area contributed by atoms with Crippen LogP contribution in [0.2, 0.25) is 5.02 Å². The molecule has 23 heavy (non-hydrogen) atoms. The van der Waals surface area contributed by atoms with Gasteiger partial charge in [-0.2, -0.15) is 0 Å². The van der Waals surface area contributed by atoms with E-state index in [0.29, 0.717) is 11.6 Å². The molecule has 2 rings (SSSR count). The molecule has 0 spiro atoms. The molecule has 5 heteroatoms. The Balaban J connectivity index is 1.68. The molecule has 2 aromatic rings. The molecule has 4 nitrogen and oxygen atoms in total. The van der Waals surface area contributed by atoms with Gasteiger partial charge in [-0.05, 0) is 42.8 Å². The molecule has 0 saturated carbocycles. The van der Waals surface area contributed by atoms with Crippen LogP contribution < -0.4 is 19.5 Å². The van der Waals surface area contributed by atoms with Crippen molar-refractivity contribution in [3.8, 4) is 17.2 Å². The first-order valence-electron chi connectivity index (χ1n) is 7.53. The van der Waals surface area contributed by atoms with Crippen LogP contribution in [0.25, 0.3) is 0 Å². The Kier molecular flexibility index (Phi) is 7.04. The van der Waals surface area contributed by atoms with Crippen LogP contribution in [-0.2, 0) is 6.42 Å². The van der Waals surface area contributed by atoms with Gasteiger partial charge >= 0.3 is 0 Å². The van der Waals surface area contributed by atoms with Gasteiger partial charge in [-0.15, -0.1) is 0 Å². The summed E-state index contributed by atoms with van der Waals surface area (Å²) in [7, 11) is 3.28. The molecular weight excluding hydrogens is 314 g/mol. The second-order valence-electron chi connectivity index (χ2n) is 4.97. The summed E-state index contributed by atoms with van der Waals surface area (Å²) in [4.78, 5) is 0. The number of para-hydroxylation sites is 1. The zero-order valence-corrected chi connectivity index (χ0v) is 14.2. The van der Waals surface area contributed by atoms with Gasteiger partial charge in [-0.3, -0.25) is 0 Å². The van der Waals surface area contributed by atoms with E-state index in [9.17, 15) is 0 Å². The predicted molar refractivity (Wildman–Crippen MR) is 93.1 cm³/mol. The average Bonchev–Trinajstić information content (AvgIpc) is 2.59. The summed E-state index contributed by atoms with van der Waals surface area (Å²) >= 11 is 6.03. The predicted octanol–water partition coefficient (Wildman–Crippen LogP) is 3.57. The van der Waals surface area contributed by atoms with Crippen molar-refractivity contribution in [3.63, 3.8) is 0 Å². The summed E-state index contributed by atoms with van der Waals surface area (Å²) in [5, 5.41) is 3.99. The van der Waals surface area contributed by atoms with E-state index in [-0.39, 0.29) is 0 Å². The molecule has 0 aliphatic carbocycles. The topological polar surface area (TPSA) is 39.7 Å². The van der Waals surface area contributed by atoms with E-state index in [1.165, 1.54) is 5.56 Å². The average molecular weight is 336 g/mol. The van der Waals surface area contributed by atoms with Crippen LogP contribution in [0.1, 0.15) is 5.56 Å². The van der Waals surface area contributed by atoms with E-state index in [4.69, 9.17) is 25.8 Å². The second kappa shape index (κ2) is 9.28. The van der Waals surface area contributed by atoms with Crippen LogP contribution in [0.5, 0.6) is 17.2 Å². The Labute approximate surface area is 142 Å². The molecule has 0 aromatic heterocycles. The summed E-state index contributed by atoms with van der Waals surface area (Å²) in [5.41, 5.74) is 1.20. The molecule has 2 aromatic carbocycles. The molecule has 0 amide bonds. The van der Waals surface area contributed by atoms with Gasteiger partial charge in [0, 0.05) is 6.54 Å². The highest BCUT2D eigenvalue weighted by Gasteiger charge is 2.04. The number of benzene rings is 2. The smallest absolute Gasteiger partial charge is 0.160 e. The molecule has 0 unspecified atom stereocenters. The van der Waals surface area contributed by atoms with E-state index in [2.05, 4.69) is 5.32 Å². The number of nitrogens with one attached hydrogen (secondary N) is 1. The minimum Gasteiger partial charge on any atom is -0.493 e. The number of hydrogen-bond acceptors (Lipinski definition) is 4. The lowest BCUT2D eigenvalue weighted by molar-refractivity contribution is 0.314. The highest BCUT2D eigenvalue weighted by molar-refractivity contribution is 6.32. The minimum absolute atomic E-state index is 0.579. The van der Waals surface area contributed by atoms with Gasteiger partial charge < -0.3 is 19.5 Å². The third kappa shape index (κ3) is 5.34. The fourth-order valence-electron chi connectivity index (χ4n) is 2.19. The Bertz CT molecular complexity index is 619. The van der Waals surface area contributed by atoms with Gasteiger partial charge in [0.2, 0.25) is 0 Å². The molecule has 0 saturated heterocycles. The van der Waals surface area contributed by atoms with Gasteiger partial charge in [0.25, 0.3) is 0 Å². The van der Waals surface area contributed by atoms with Crippen molar-refractivity contribution in [1.82, 2.24) is 5.32 Å². The van der Waals surface area contributed by atoms with Crippen LogP contribution in [0, 0.1) is 0 Å². The first-order chi connectivity index (χ1) is 11.2. The normalized spacial score (nSPS) is 10.4. The third-order valence-electron chi connectivity index (χ3n) is 3.41. The monoisotopic (exact) mass is 335 g/mol. The van der Waals surface area contributed by atoms with Gasteiger partial charge in [0.05, 0.1) is 19.2 Å². The van der Waals surface area contributed by atoms with E-state index in [0.717, 1.165) is 36.8 Å². The second-order valence-corrected chi connectivity index (χ2v) is 5.38. The quantitative estimate of drug-likeness (QED) is 0.711. The van der Waals surface area contributed by atoms with E-state index in [1.54, 1.807) is 14.2 Å². The van der Waals surface area contributed by atoms with E-state index < -0.39 is 0 Å². The maximum atomic E-state index is 6.03. The molecule has 0 fully saturated rings. The minimum atomic E-state index is 0.579. The molecule has 124 valence electrons. The Morgan fingerprint density at radius 1 is 0.913 bits per heavy atom. The number of methoxy groups -OCH3 is 2. The highest BCUT2D eigenvalue weighted by Crippen LogP contribution is 2.27. The fourth-order valence-corrected chi connectivity index (χ4v) is 2.38. The van der Waals surface area contributed by atoms with Crippen molar-refractivity contribution in [3.05, 3.63) is 53.1 Å². The van der Waals surface area contributed by atoms with Crippen molar-refractivity contribution in [2.75, 3.05) is 33.9 Å². The Morgan fingerprint density at radius 2 is 1.70 bits per heavy atom. The maximum absolute atomic E-state index is 6.03. The molecule has 0 aliphatic rings. The first kappa shape index (κ1) is 17.4. The zero-order chi connectivity index (χ0) is 16.5. The molecule has 0 bridgehead atoms. The van der Waals surface area contributed by atoms with Crippen molar-refractivity contribution in [2.45, 2.75) is 6.42 Å². The molecule has 0 radical (unpaired) electrons. The summed E-state index contributed by atoms with van der Waals surface area (Å²) in [6, 6.07) is 13.5. The first-order valence-corrected chi connectivity index (χ1v) is 7.91. The lowest BCUT2D eigenvalue weighted by atomic mass is 10.1. The van der Waals surface area contributed by atoms with Crippen molar-refractivity contribution < 1.29 is 14.2 Å².